The van der Waals surface area contributed by atoms with E-state index in [1.165, 1.54) is 38.6 Å². The molecular formula is C23H23NOS. The Bertz CT molecular complexity index is 962. The topological polar surface area (TPSA) is 29.1 Å². The van der Waals surface area contributed by atoms with Crippen molar-refractivity contribution in [1.29, 1.82) is 0 Å². The minimum Gasteiger partial charge on any atom is -0.325 e. The summed E-state index contributed by atoms with van der Waals surface area (Å²) in [5.74, 6) is 1.40. The smallest absolute Gasteiger partial charge is 0.234 e. The Kier molecular flexibility index (Phi) is 4.73. The molecule has 1 aliphatic rings. The first-order chi connectivity index (χ1) is 12.6. The number of hydrogen-bond donors (Lipinski definition) is 1. The Balaban J connectivity index is 1.42. The number of carbonyl (C=O) groups excluding carboxylic acids is 1. The lowest BCUT2D eigenvalue weighted by atomic mass is 10.0. The van der Waals surface area contributed by atoms with Crippen LogP contribution in [-0.2, 0) is 23.4 Å². The summed E-state index contributed by atoms with van der Waals surface area (Å²) in [6.07, 6.45) is 2.21. The van der Waals surface area contributed by atoms with Crippen LogP contribution in [0.1, 0.15) is 27.8 Å². The van der Waals surface area contributed by atoms with Crippen molar-refractivity contribution in [2.75, 3.05) is 11.1 Å². The fourth-order valence-electron chi connectivity index (χ4n) is 3.96. The van der Waals surface area contributed by atoms with E-state index in [9.17, 15) is 4.79 Å². The van der Waals surface area contributed by atoms with Gasteiger partial charge in [0.25, 0.3) is 0 Å². The molecule has 3 heteroatoms. The molecule has 4 rings (SSSR count). The second-order valence-electron chi connectivity index (χ2n) is 7.15. The molecule has 3 aromatic carbocycles. The summed E-state index contributed by atoms with van der Waals surface area (Å²) in [4.78, 5) is 12.4. The monoisotopic (exact) mass is 361 g/mol. The van der Waals surface area contributed by atoms with Crippen LogP contribution in [0.25, 0.3) is 10.8 Å². The fourth-order valence-corrected chi connectivity index (χ4v) is 4.72. The molecule has 0 aliphatic heterocycles. The lowest BCUT2D eigenvalue weighted by molar-refractivity contribution is -0.113. The largest absolute Gasteiger partial charge is 0.325 e. The molecule has 0 radical (unpaired) electrons. The van der Waals surface area contributed by atoms with Crippen LogP contribution in [0, 0.1) is 13.8 Å². The van der Waals surface area contributed by atoms with E-state index in [4.69, 9.17) is 0 Å². The molecule has 1 amide bonds. The highest BCUT2D eigenvalue weighted by Crippen LogP contribution is 2.35. The zero-order valence-electron chi connectivity index (χ0n) is 15.3. The summed E-state index contributed by atoms with van der Waals surface area (Å²) in [5, 5.41) is 5.63. The minimum atomic E-state index is 0.0677. The average Bonchev–Trinajstić information content (AvgIpc) is 3.01. The van der Waals surface area contributed by atoms with Crippen molar-refractivity contribution in [3.63, 3.8) is 0 Å². The van der Waals surface area contributed by atoms with E-state index in [0.717, 1.165) is 24.3 Å². The number of thioether (sulfide) groups is 1. The van der Waals surface area contributed by atoms with Crippen LogP contribution in [0.2, 0.25) is 0 Å². The zero-order valence-corrected chi connectivity index (χ0v) is 16.1. The third kappa shape index (κ3) is 3.49. The minimum absolute atomic E-state index is 0.0677. The van der Waals surface area contributed by atoms with Crippen molar-refractivity contribution in [1.82, 2.24) is 0 Å². The molecule has 0 saturated carbocycles. The van der Waals surface area contributed by atoms with E-state index in [1.807, 2.05) is 0 Å². The van der Waals surface area contributed by atoms with Crippen molar-refractivity contribution < 1.29 is 4.79 Å². The normalized spacial score (nSPS) is 12.5. The predicted octanol–water partition coefficient (Wildman–Crippen LogP) is 5.43. The molecule has 1 aliphatic carbocycles. The fraction of sp³-hybridized carbons (Fsp3) is 0.261. The maximum atomic E-state index is 12.4. The van der Waals surface area contributed by atoms with Crippen LogP contribution in [0.3, 0.4) is 0 Å². The summed E-state index contributed by atoms with van der Waals surface area (Å²) < 4.78 is 0. The van der Waals surface area contributed by atoms with Gasteiger partial charge in [0.1, 0.15) is 0 Å². The van der Waals surface area contributed by atoms with Gasteiger partial charge in [-0.05, 0) is 54.8 Å². The second kappa shape index (κ2) is 7.16. The van der Waals surface area contributed by atoms with Crippen molar-refractivity contribution in [3.8, 4) is 0 Å². The zero-order chi connectivity index (χ0) is 18.1. The van der Waals surface area contributed by atoms with Crippen molar-refractivity contribution in [2.45, 2.75) is 32.4 Å². The average molecular weight is 362 g/mol. The number of aryl methyl sites for hydroxylation is 4. The molecule has 2 nitrogen and oxygen atoms in total. The van der Waals surface area contributed by atoms with Crippen molar-refractivity contribution >= 4 is 34.1 Å². The number of nitrogens with one attached hydrogen (secondary N) is 1. The third-order valence-electron chi connectivity index (χ3n) is 4.93. The highest BCUT2D eigenvalue weighted by atomic mass is 32.2. The molecule has 0 heterocycles. The van der Waals surface area contributed by atoms with E-state index < -0.39 is 0 Å². The molecule has 1 N–H and O–H groups in total. The molecule has 0 atom stereocenters. The second-order valence-corrected chi connectivity index (χ2v) is 8.13. The van der Waals surface area contributed by atoms with Gasteiger partial charge in [0.15, 0.2) is 0 Å². The third-order valence-corrected chi connectivity index (χ3v) is 5.94. The Labute approximate surface area is 159 Å². The first-order valence-electron chi connectivity index (χ1n) is 9.08. The van der Waals surface area contributed by atoms with Crippen molar-refractivity contribution in [3.05, 3.63) is 76.3 Å². The van der Waals surface area contributed by atoms with E-state index >= 15 is 0 Å². The standard InChI is InChI=1S/C23H23NOS/c1-15-10-16(2)12-17(11-15)13-26-14-22(25)24-21-9-8-19-7-6-18-4-3-5-20(21)23(18)19/h3-5,8-12H,6-7,13-14H2,1-2H3,(H,24,25). The van der Waals surface area contributed by atoms with Gasteiger partial charge in [0, 0.05) is 16.8 Å². The summed E-state index contributed by atoms with van der Waals surface area (Å²) >= 11 is 1.66. The van der Waals surface area contributed by atoms with Gasteiger partial charge in [-0.15, -0.1) is 11.8 Å². The Morgan fingerprint density at radius 1 is 1.00 bits per heavy atom. The maximum Gasteiger partial charge on any atom is 0.234 e. The number of carbonyl (C=O) groups is 1. The number of hydrogen-bond acceptors (Lipinski definition) is 2. The first-order valence-corrected chi connectivity index (χ1v) is 10.2. The van der Waals surface area contributed by atoms with Gasteiger partial charge in [-0.25, -0.2) is 0 Å². The molecular weight excluding hydrogens is 338 g/mol. The number of benzene rings is 3. The van der Waals surface area contributed by atoms with Crippen LogP contribution in [0.15, 0.2) is 48.5 Å². The van der Waals surface area contributed by atoms with Gasteiger partial charge >= 0.3 is 0 Å². The van der Waals surface area contributed by atoms with Crippen LogP contribution < -0.4 is 5.32 Å². The van der Waals surface area contributed by atoms with E-state index in [2.05, 4.69) is 67.7 Å². The molecule has 0 saturated heterocycles. The Morgan fingerprint density at radius 3 is 2.50 bits per heavy atom. The van der Waals surface area contributed by atoms with Gasteiger partial charge < -0.3 is 5.32 Å². The quantitative estimate of drug-likeness (QED) is 0.657. The molecule has 0 unspecified atom stereocenters. The Hall–Kier alpha value is -2.26. The molecule has 0 spiro atoms. The van der Waals surface area contributed by atoms with Gasteiger partial charge in [-0.1, -0.05) is 53.6 Å². The summed E-state index contributed by atoms with van der Waals surface area (Å²) in [7, 11) is 0. The van der Waals surface area contributed by atoms with E-state index in [1.54, 1.807) is 11.8 Å². The number of rotatable bonds is 5. The molecule has 0 aromatic heterocycles. The van der Waals surface area contributed by atoms with Gasteiger partial charge in [-0.2, -0.15) is 0 Å². The van der Waals surface area contributed by atoms with Crippen molar-refractivity contribution in [2.24, 2.45) is 0 Å². The number of anilines is 1. The van der Waals surface area contributed by atoms with Gasteiger partial charge in [-0.3, -0.25) is 4.79 Å². The van der Waals surface area contributed by atoms with Gasteiger partial charge in [0.05, 0.1) is 5.75 Å². The van der Waals surface area contributed by atoms with Crippen LogP contribution in [-0.4, -0.2) is 11.7 Å². The number of amides is 1. The molecule has 26 heavy (non-hydrogen) atoms. The summed E-state index contributed by atoms with van der Waals surface area (Å²) in [5.41, 5.74) is 7.57. The lowest BCUT2D eigenvalue weighted by Gasteiger charge is -2.11. The molecule has 0 fully saturated rings. The predicted molar refractivity (Wildman–Crippen MR) is 112 cm³/mol. The maximum absolute atomic E-state index is 12.4. The van der Waals surface area contributed by atoms with Crippen LogP contribution >= 0.6 is 11.8 Å². The molecule has 0 bridgehead atoms. The van der Waals surface area contributed by atoms with Gasteiger partial charge in [0.2, 0.25) is 5.91 Å². The highest BCUT2D eigenvalue weighted by molar-refractivity contribution is 7.99. The SMILES string of the molecule is Cc1cc(C)cc(CSCC(=O)Nc2ccc3c4c(cccc24)CC3)c1. The molecule has 3 aromatic rings. The summed E-state index contributed by atoms with van der Waals surface area (Å²) in [6, 6.07) is 17.2. The van der Waals surface area contributed by atoms with Crippen LogP contribution in [0.4, 0.5) is 5.69 Å². The summed E-state index contributed by atoms with van der Waals surface area (Å²) in [6.45, 7) is 4.23. The van der Waals surface area contributed by atoms with Crippen LogP contribution in [0.5, 0.6) is 0 Å². The Morgan fingerprint density at radius 2 is 1.73 bits per heavy atom. The first kappa shape index (κ1) is 17.2. The molecule has 132 valence electrons. The highest BCUT2D eigenvalue weighted by Gasteiger charge is 2.16. The van der Waals surface area contributed by atoms with E-state index in [-0.39, 0.29) is 5.91 Å². The lowest BCUT2D eigenvalue weighted by Crippen LogP contribution is -2.14. The van der Waals surface area contributed by atoms with E-state index in [0.29, 0.717) is 5.75 Å².